The number of likely N-dealkylation sites (tertiary alicyclic amines) is 1. The lowest BCUT2D eigenvalue weighted by molar-refractivity contribution is 0.0706. The summed E-state index contributed by atoms with van der Waals surface area (Å²) in [5, 5.41) is 5.53. The zero-order valence-electron chi connectivity index (χ0n) is 17.2. The number of para-hydroxylation sites is 2. The smallest absolute Gasteiger partial charge is 0.319 e. The molecule has 1 aliphatic heterocycles. The molecule has 0 radical (unpaired) electrons. The number of fused-ring (bicyclic) bond motifs is 1. The Labute approximate surface area is 175 Å². The number of oxazole rings is 1. The summed E-state index contributed by atoms with van der Waals surface area (Å²) in [6, 6.07) is 14.6. The van der Waals surface area contributed by atoms with Gasteiger partial charge in [0, 0.05) is 36.3 Å². The Morgan fingerprint density at radius 1 is 1.07 bits per heavy atom. The van der Waals surface area contributed by atoms with E-state index in [4.69, 9.17) is 4.42 Å². The highest BCUT2D eigenvalue weighted by Gasteiger charge is 2.27. The number of amides is 3. The van der Waals surface area contributed by atoms with Crippen LogP contribution in [0.25, 0.3) is 11.1 Å². The highest BCUT2D eigenvalue weighted by atomic mass is 16.3. The highest BCUT2D eigenvalue weighted by Crippen LogP contribution is 2.30. The van der Waals surface area contributed by atoms with Gasteiger partial charge in [0.2, 0.25) is 0 Å². The van der Waals surface area contributed by atoms with Crippen LogP contribution in [0.1, 0.15) is 48.9 Å². The van der Waals surface area contributed by atoms with Crippen molar-refractivity contribution >= 4 is 28.7 Å². The zero-order valence-corrected chi connectivity index (χ0v) is 17.2. The molecule has 2 aromatic carbocycles. The van der Waals surface area contributed by atoms with E-state index < -0.39 is 0 Å². The molecule has 1 aromatic heterocycles. The number of nitrogens with zero attached hydrogens (tertiary/aromatic N) is 2. The van der Waals surface area contributed by atoms with Gasteiger partial charge in [-0.25, -0.2) is 9.78 Å². The van der Waals surface area contributed by atoms with Crippen molar-refractivity contribution < 1.29 is 14.0 Å². The van der Waals surface area contributed by atoms with E-state index in [0.29, 0.717) is 24.3 Å². The number of hydrogen-bond donors (Lipinski definition) is 2. The molecule has 0 bridgehead atoms. The van der Waals surface area contributed by atoms with Crippen LogP contribution in [-0.4, -0.2) is 41.0 Å². The van der Waals surface area contributed by atoms with Crippen LogP contribution < -0.4 is 10.6 Å². The average Bonchev–Trinajstić information content (AvgIpc) is 3.17. The van der Waals surface area contributed by atoms with Crippen LogP contribution in [0, 0.1) is 0 Å². The van der Waals surface area contributed by atoms with E-state index in [1.807, 2.05) is 43.0 Å². The van der Waals surface area contributed by atoms with Crippen LogP contribution >= 0.6 is 0 Å². The predicted octanol–water partition coefficient (Wildman–Crippen LogP) is 4.38. The lowest BCUT2D eigenvalue weighted by Crippen LogP contribution is -2.38. The van der Waals surface area contributed by atoms with Crippen molar-refractivity contribution in [2.75, 3.05) is 18.4 Å². The third kappa shape index (κ3) is 4.45. The Morgan fingerprint density at radius 2 is 1.77 bits per heavy atom. The van der Waals surface area contributed by atoms with Gasteiger partial charge >= 0.3 is 6.03 Å². The van der Waals surface area contributed by atoms with Crippen molar-refractivity contribution in [3.63, 3.8) is 0 Å². The maximum absolute atomic E-state index is 12.8. The first-order valence-corrected chi connectivity index (χ1v) is 10.3. The fraction of sp³-hybridized carbons (Fsp3) is 0.348. The standard InChI is InChI=1S/C23H26N4O3/c1-15(2)24-23(29)25-18-9-7-17(8-10-18)22(28)27-13-11-16(12-14-27)21-26-19-5-3-4-6-20(19)30-21/h3-10,15-16H,11-14H2,1-2H3,(H2,24,25,29). The molecule has 2 heterocycles. The van der Waals surface area contributed by atoms with Crippen molar-refractivity contribution in [2.45, 2.75) is 38.6 Å². The van der Waals surface area contributed by atoms with Gasteiger partial charge in [-0.2, -0.15) is 0 Å². The minimum atomic E-state index is -0.259. The first-order chi connectivity index (χ1) is 14.5. The summed E-state index contributed by atoms with van der Waals surface area (Å²) in [6.45, 7) is 5.13. The van der Waals surface area contributed by atoms with E-state index >= 15 is 0 Å². The lowest BCUT2D eigenvalue weighted by Gasteiger charge is -2.30. The first kappa shape index (κ1) is 19.9. The molecule has 4 rings (SSSR count). The number of carbonyl (C=O) groups is 2. The number of piperidine rings is 1. The summed E-state index contributed by atoms with van der Waals surface area (Å²) in [5.41, 5.74) is 2.95. The lowest BCUT2D eigenvalue weighted by atomic mass is 9.96. The fourth-order valence-electron chi connectivity index (χ4n) is 3.70. The minimum absolute atomic E-state index is 0.00389. The molecule has 0 aliphatic carbocycles. The third-order valence-electron chi connectivity index (χ3n) is 5.25. The Hall–Kier alpha value is -3.35. The quantitative estimate of drug-likeness (QED) is 0.673. The number of carbonyl (C=O) groups excluding carboxylic acids is 2. The van der Waals surface area contributed by atoms with Gasteiger partial charge in [0.15, 0.2) is 11.5 Å². The summed E-state index contributed by atoms with van der Waals surface area (Å²) in [7, 11) is 0. The molecule has 30 heavy (non-hydrogen) atoms. The van der Waals surface area contributed by atoms with E-state index in [0.717, 1.165) is 29.8 Å². The molecule has 0 atom stereocenters. The molecule has 0 spiro atoms. The van der Waals surface area contributed by atoms with E-state index in [1.165, 1.54) is 0 Å². The third-order valence-corrected chi connectivity index (χ3v) is 5.25. The largest absolute Gasteiger partial charge is 0.440 e. The average molecular weight is 406 g/mol. The molecule has 7 heteroatoms. The Kier molecular flexibility index (Phi) is 5.70. The summed E-state index contributed by atoms with van der Waals surface area (Å²) >= 11 is 0. The maximum Gasteiger partial charge on any atom is 0.319 e. The molecule has 7 nitrogen and oxygen atoms in total. The second-order valence-corrected chi connectivity index (χ2v) is 7.92. The van der Waals surface area contributed by atoms with Gasteiger partial charge < -0.3 is 20.0 Å². The zero-order chi connectivity index (χ0) is 21.1. The number of benzene rings is 2. The number of hydrogen-bond acceptors (Lipinski definition) is 4. The van der Waals surface area contributed by atoms with Crippen molar-refractivity contribution in [1.82, 2.24) is 15.2 Å². The van der Waals surface area contributed by atoms with Gasteiger partial charge in [-0.1, -0.05) is 12.1 Å². The molecular weight excluding hydrogens is 380 g/mol. The summed E-state index contributed by atoms with van der Waals surface area (Å²) in [4.78, 5) is 31.1. The van der Waals surface area contributed by atoms with Gasteiger partial charge in [0.1, 0.15) is 5.52 Å². The van der Waals surface area contributed by atoms with Gasteiger partial charge in [0.25, 0.3) is 5.91 Å². The normalized spacial score (nSPS) is 14.8. The molecule has 1 fully saturated rings. The van der Waals surface area contributed by atoms with Gasteiger partial charge in [0.05, 0.1) is 0 Å². The van der Waals surface area contributed by atoms with E-state index in [-0.39, 0.29) is 23.9 Å². The Balaban J connectivity index is 1.34. The number of rotatable bonds is 4. The summed E-state index contributed by atoms with van der Waals surface area (Å²) < 4.78 is 5.90. The predicted molar refractivity (Wildman–Crippen MR) is 116 cm³/mol. The van der Waals surface area contributed by atoms with Crippen LogP contribution in [0.2, 0.25) is 0 Å². The van der Waals surface area contributed by atoms with Crippen LogP contribution in [0.4, 0.5) is 10.5 Å². The summed E-state index contributed by atoms with van der Waals surface area (Å²) in [6.07, 6.45) is 1.65. The summed E-state index contributed by atoms with van der Waals surface area (Å²) in [5.74, 6) is 0.995. The second kappa shape index (κ2) is 8.57. The van der Waals surface area contributed by atoms with Crippen molar-refractivity contribution in [3.8, 4) is 0 Å². The first-order valence-electron chi connectivity index (χ1n) is 10.3. The molecular formula is C23H26N4O3. The van der Waals surface area contributed by atoms with Crippen LogP contribution in [0.3, 0.4) is 0 Å². The van der Waals surface area contributed by atoms with Crippen molar-refractivity contribution in [2.24, 2.45) is 0 Å². The monoisotopic (exact) mass is 406 g/mol. The van der Waals surface area contributed by atoms with Gasteiger partial charge in [-0.15, -0.1) is 0 Å². The second-order valence-electron chi connectivity index (χ2n) is 7.92. The number of anilines is 1. The Morgan fingerprint density at radius 3 is 2.43 bits per heavy atom. The SMILES string of the molecule is CC(C)NC(=O)Nc1ccc(C(=O)N2CCC(c3nc4ccccc4o3)CC2)cc1. The van der Waals surface area contributed by atoms with E-state index in [1.54, 1.807) is 24.3 Å². The van der Waals surface area contributed by atoms with Crippen LogP contribution in [0.5, 0.6) is 0 Å². The molecule has 156 valence electrons. The molecule has 2 N–H and O–H groups in total. The molecule has 3 amide bonds. The van der Waals surface area contributed by atoms with E-state index in [9.17, 15) is 9.59 Å². The Bertz CT molecular complexity index is 1000. The van der Waals surface area contributed by atoms with Crippen molar-refractivity contribution in [1.29, 1.82) is 0 Å². The molecule has 0 unspecified atom stereocenters. The van der Waals surface area contributed by atoms with Gasteiger partial charge in [-0.05, 0) is 63.1 Å². The topological polar surface area (TPSA) is 87.5 Å². The molecule has 1 saturated heterocycles. The fourth-order valence-corrected chi connectivity index (χ4v) is 3.70. The maximum atomic E-state index is 12.8. The van der Waals surface area contributed by atoms with E-state index in [2.05, 4.69) is 15.6 Å². The van der Waals surface area contributed by atoms with Gasteiger partial charge in [-0.3, -0.25) is 4.79 Å². The number of aromatic nitrogens is 1. The molecule has 1 aliphatic rings. The van der Waals surface area contributed by atoms with Crippen LogP contribution in [0.15, 0.2) is 52.9 Å². The minimum Gasteiger partial charge on any atom is -0.440 e. The van der Waals surface area contributed by atoms with Crippen molar-refractivity contribution in [3.05, 3.63) is 60.0 Å². The number of urea groups is 1. The molecule has 0 saturated carbocycles. The highest BCUT2D eigenvalue weighted by molar-refractivity contribution is 5.95. The molecule has 3 aromatic rings. The number of nitrogens with one attached hydrogen (secondary N) is 2. The van der Waals surface area contributed by atoms with Crippen LogP contribution in [-0.2, 0) is 0 Å².